The molecule has 5 nitrogen and oxygen atoms in total. The molecule has 24 heavy (non-hydrogen) atoms. The molecule has 1 saturated heterocycles. The van der Waals surface area contributed by atoms with Gasteiger partial charge in [-0.05, 0) is 42.9 Å². The zero-order chi connectivity index (χ0) is 16.4. The first-order valence-electron chi connectivity index (χ1n) is 8.80. The minimum absolute atomic E-state index is 0.150. The maximum atomic E-state index is 12.7. The lowest BCUT2D eigenvalue weighted by Gasteiger charge is -2.33. The molecule has 0 aliphatic carbocycles. The van der Waals surface area contributed by atoms with E-state index in [-0.39, 0.29) is 12.0 Å². The smallest absolute Gasteiger partial charge is 0.263 e. The number of ether oxygens (including phenoxy) is 1. The third-order valence-electron chi connectivity index (χ3n) is 5.17. The summed E-state index contributed by atoms with van der Waals surface area (Å²) in [6, 6.07) is 9.91. The van der Waals surface area contributed by atoms with Crippen LogP contribution in [0.1, 0.15) is 24.8 Å². The van der Waals surface area contributed by atoms with Gasteiger partial charge in [-0.1, -0.05) is 18.2 Å². The van der Waals surface area contributed by atoms with E-state index in [2.05, 4.69) is 5.10 Å². The molecule has 0 spiro atoms. The maximum absolute atomic E-state index is 12.7. The number of nitrogens with zero attached hydrogens (tertiary/aromatic N) is 3. The molecule has 1 atom stereocenters. The number of likely N-dealkylation sites (tertiary alicyclic amines) is 1. The lowest BCUT2D eigenvalue weighted by Crippen LogP contribution is -2.45. The van der Waals surface area contributed by atoms with E-state index in [9.17, 15) is 4.79 Å². The summed E-state index contributed by atoms with van der Waals surface area (Å²) in [5.74, 6) is 1.70. The Morgan fingerprint density at radius 1 is 1.21 bits per heavy atom. The van der Waals surface area contributed by atoms with Crippen molar-refractivity contribution >= 4 is 5.91 Å². The predicted molar refractivity (Wildman–Crippen MR) is 90.7 cm³/mol. The van der Waals surface area contributed by atoms with Crippen molar-refractivity contribution < 1.29 is 9.53 Å². The molecule has 3 heterocycles. The monoisotopic (exact) mass is 325 g/mol. The van der Waals surface area contributed by atoms with Gasteiger partial charge in [0.05, 0.1) is 0 Å². The standard InChI is InChI=1S/C19H23N3O2/c23-19(18-14-16-4-1-2-5-17(16)24-18)21-11-6-15(7-12-21)8-13-22-10-3-9-20-22/h1-5,9-10,15,18H,6-8,11-14H2/t18-/m0/s1. The second-order valence-corrected chi connectivity index (χ2v) is 6.74. The minimum atomic E-state index is -0.331. The van der Waals surface area contributed by atoms with Crippen molar-refractivity contribution in [2.45, 2.75) is 38.3 Å². The van der Waals surface area contributed by atoms with Crippen molar-refractivity contribution in [2.75, 3.05) is 13.1 Å². The number of amides is 1. The van der Waals surface area contributed by atoms with E-state index in [0.717, 1.165) is 50.2 Å². The van der Waals surface area contributed by atoms with E-state index in [0.29, 0.717) is 12.3 Å². The van der Waals surface area contributed by atoms with Crippen LogP contribution in [0, 0.1) is 5.92 Å². The highest BCUT2D eigenvalue weighted by molar-refractivity contribution is 5.82. The van der Waals surface area contributed by atoms with E-state index < -0.39 is 0 Å². The minimum Gasteiger partial charge on any atom is -0.480 e. The summed E-state index contributed by atoms with van der Waals surface area (Å²) in [7, 11) is 0. The Bertz CT molecular complexity index is 665. The van der Waals surface area contributed by atoms with Crippen LogP contribution < -0.4 is 4.74 Å². The quantitative estimate of drug-likeness (QED) is 0.868. The number of hydrogen-bond donors (Lipinski definition) is 0. The number of fused-ring (bicyclic) bond motifs is 1. The Balaban J connectivity index is 1.26. The van der Waals surface area contributed by atoms with Gasteiger partial charge in [0.1, 0.15) is 5.75 Å². The molecule has 2 aliphatic rings. The van der Waals surface area contributed by atoms with E-state index >= 15 is 0 Å². The number of carbonyl (C=O) groups excluding carboxylic acids is 1. The average Bonchev–Trinajstić information content (AvgIpc) is 3.29. The highest BCUT2D eigenvalue weighted by Crippen LogP contribution is 2.30. The Labute approximate surface area is 142 Å². The van der Waals surface area contributed by atoms with E-state index in [1.807, 2.05) is 52.3 Å². The Morgan fingerprint density at radius 3 is 2.79 bits per heavy atom. The number of aryl methyl sites for hydroxylation is 1. The van der Waals surface area contributed by atoms with Crippen LogP contribution in [0.2, 0.25) is 0 Å². The molecule has 1 aromatic carbocycles. The topological polar surface area (TPSA) is 47.4 Å². The molecule has 2 aromatic rings. The van der Waals surface area contributed by atoms with Gasteiger partial charge in [-0.25, -0.2) is 0 Å². The molecule has 0 saturated carbocycles. The van der Waals surface area contributed by atoms with E-state index in [4.69, 9.17) is 4.74 Å². The fourth-order valence-corrected chi connectivity index (χ4v) is 3.71. The summed E-state index contributed by atoms with van der Waals surface area (Å²) in [5, 5.41) is 4.25. The molecule has 2 aliphatic heterocycles. The molecule has 5 heteroatoms. The van der Waals surface area contributed by atoms with Gasteiger partial charge < -0.3 is 9.64 Å². The second kappa shape index (κ2) is 6.67. The normalized spacial score (nSPS) is 20.7. The number of piperidine rings is 1. The average molecular weight is 325 g/mol. The van der Waals surface area contributed by atoms with Gasteiger partial charge in [0, 0.05) is 38.4 Å². The van der Waals surface area contributed by atoms with Gasteiger partial charge in [0.15, 0.2) is 6.10 Å². The summed E-state index contributed by atoms with van der Waals surface area (Å²) >= 11 is 0. The predicted octanol–water partition coefficient (Wildman–Crippen LogP) is 2.52. The van der Waals surface area contributed by atoms with E-state index in [1.165, 1.54) is 0 Å². The van der Waals surface area contributed by atoms with Crippen LogP contribution >= 0.6 is 0 Å². The van der Waals surface area contributed by atoms with Gasteiger partial charge in [-0.15, -0.1) is 0 Å². The molecule has 0 unspecified atom stereocenters. The number of carbonyl (C=O) groups is 1. The van der Waals surface area contributed by atoms with Crippen molar-refractivity contribution in [2.24, 2.45) is 5.92 Å². The van der Waals surface area contributed by atoms with Gasteiger partial charge in [-0.3, -0.25) is 9.48 Å². The summed E-state index contributed by atoms with van der Waals surface area (Å²) in [6.45, 7) is 2.66. The fraction of sp³-hybridized carbons (Fsp3) is 0.474. The molecular formula is C19H23N3O2. The number of para-hydroxylation sites is 1. The molecule has 126 valence electrons. The van der Waals surface area contributed by atoms with Crippen molar-refractivity contribution in [1.29, 1.82) is 0 Å². The molecule has 0 N–H and O–H groups in total. The summed E-state index contributed by atoms with van der Waals surface area (Å²) in [6.07, 6.45) is 7.49. The van der Waals surface area contributed by atoms with Crippen LogP contribution in [0.3, 0.4) is 0 Å². The molecule has 4 rings (SSSR count). The van der Waals surface area contributed by atoms with Crippen LogP contribution in [0.25, 0.3) is 0 Å². The van der Waals surface area contributed by atoms with Crippen molar-refractivity contribution in [3.63, 3.8) is 0 Å². The SMILES string of the molecule is O=C([C@@H]1Cc2ccccc2O1)N1CCC(CCn2cccn2)CC1. The molecule has 1 amide bonds. The highest BCUT2D eigenvalue weighted by atomic mass is 16.5. The fourth-order valence-electron chi connectivity index (χ4n) is 3.71. The summed E-state index contributed by atoms with van der Waals surface area (Å²) in [4.78, 5) is 14.7. The molecule has 1 fully saturated rings. The third-order valence-corrected chi connectivity index (χ3v) is 5.17. The van der Waals surface area contributed by atoms with E-state index in [1.54, 1.807) is 0 Å². The molecule has 0 radical (unpaired) electrons. The van der Waals surface area contributed by atoms with Crippen molar-refractivity contribution in [1.82, 2.24) is 14.7 Å². The first-order valence-corrected chi connectivity index (χ1v) is 8.80. The van der Waals surface area contributed by atoms with Crippen LogP contribution in [0.5, 0.6) is 5.75 Å². The maximum Gasteiger partial charge on any atom is 0.263 e. The number of hydrogen-bond acceptors (Lipinski definition) is 3. The second-order valence-electron chi connectivity index (χ2n) is 6.74. The van der Waals surface area contributed by atoms with Gasteiger partial charge >= 0.3 is 0 Å². The molecule has 0 bridgehead atoms. The zero-order valence-electron chi connectivity index (χ0n) is 13.8. The molecular weight excluding hydrogens is 302 g/mol. The van der Waals surface area contributed by atoms with Gasteiger partial charge in [0.2, 0.25) is 0 Å². The highest BCUT2D eigenvalue weighted by Gasteiger charge is 2.33. The van der Waals surface area contributed by atoms with Gasteiger partial charge in [-0.2, -0.15) is 5.10 Å². The third kappa shape index (κ3) is 3.16. The number of aromatic nitrogens is 2. The number of benzene rings is 1. The zero-order valence-corrected chi connectivity index (χ0v) is 13.8. The van der Waals surface area contributed by atoms with Crippen LogP contribution in [-0.4, -0.2) is 39.8 Å². The summed E-state index contributed by atoms with van der Waals surface area (Å²) in [5.41, 5.74) is 1.14. The lowest BCUT2D eigenvalue weighted by atomic mass is 9.93. The van der Waals surface area contributed by atoms with Crippen LogP contribution in [-0.2, 0) is 17.8 Å². The number of rotatable bonds is 4. The Hall–Kier alpha value is -2.30. The Kier molecular flexibility index (Phi) is 4.24. The van der Waals surface area contributed by atoms with Crippen molar-refractivity contribution in [3.8, 4) is 5.75 Å². The van der Waals surface area contributed by atoms with Crippen molar-refractivity contribution in [3.05, 3.63) is 48.3 Å². The molecule has 1 aromatic heterocycles. The summed E-state index contributed by atoms with van der Waals surface area (Å²) < 4.78 is 7.83. The van der Waals surface area contributed by atoms with Crippen LogP contribution in [0.15, 0.2) is 42.7 Å². The first kappa shape index (κ1) is 15.2. The van der Waals surface area contributed by atoms with Crippen LogP contribution in [0.4, 0.5) is 0 Å². The first-order chi connectivity index (χ1) is 11.8. The lowest BCUT2D eigenvalue weighted by molar-refractivity contribution is -0.139. The Morgan fingerprint density at radius 2 is 2.04 bits per heavy atom. The van der Waals surface area contributed by atoms with Gasteiger partial charge in [0.25, 0.3) is 5.91 Å². The largest absolute Gasteiger partial charge is 0.480 e.